The first kappa shape index (κ1) is 17.0. The third-order valence-electron chi connectivity index (χ3n) is 4.27. The monoisotopic (exact) mass is 284 g/mol. The molecule has 0 aromatic rings. The quantitative estimate of drug-likeness (QED) is 0.772. The van der Waals surface area contributed by atoms with Crippen LogP contribution in [0.15, 0.2) is 0 Å². The van der Waals surface area contributed by atoms with E-state index in [2.05, 4.69) is 25.7 Å². The van der Waals surface area contributed by atoms with Gasteiger partial charge < -0.3 is 10.0 Å². The van der Waals surface area contributed by atoms with E-state index in [1.807, 2.05) is 4.90 Å². The first-order valence-corrected chi connectivity index (χ1v) is 7.70. The topological polar surface area (TPSA) is 60.9 Å². The normalized spacial score (nSPS) is 18.3. The van der Waals surface area contributed by atoms with Crippen LogP contribution >= 0.6 is 0 Å². The maximum absolute atomic E-state index is 12.3. The summed E-state index contributed by atoms with van der Waals surface area (Å²) in [5.74, 6) is -0.273. The molecule has 0 aromatic heterocycles. The van der Waals surface area contributed by atoms with Crippen LogP contribution in [-0.4, -0.2) is 59.5 Å². The summed E-state index contributed by atoms with van der Waals surface area (Å²) in [5.41, 5.74) is 0. The molecule has 5 nitrogen and oxygen atoms in total. The van der Waals surface area contributed by atoms with E-state index >= 15 is 0 Å². The molecule has 0 aliphatic carbocycles. The lowest BCUT2D eigenvalue weighted by Crippen LogP contribution is -2.45. The first-order chi connectivity index (χ1) is 9.47. The molecule has 1 saturated heterocycles. The maximum Gasteiger partial charge on any atom is 0.306 e. The predicted molar refractivity (Wildman–Crippen MR) is 78.5 cm³/mol. The molecule has 1 unspecified atom stereocenters. The summed E-state index contributed by atoms with van der Waals surface area (Å²) in [4.78, 5) is 27.1. The Morgan fingerprint density at radius 3 is 2.35 bits per heavy atom. The van der Waals surface area contributed by atoms with E-state index in [1.54, 1.807) is 0 Å². The highest BCUT2D eigenvalue weighted by molar-refractivity contribution is 5.79. The minimum absolute atomic E-state index is 0.138. The zero-order valence-corrected chi connectivity index (χ0v) is 13.0. The van der Waals surface area contributed by atoms with Crippen LogP contribution in [0.1, 0.15) is 40.0 Å². The van der Waals surface area contributed by atoms with Crippen LogP contribution in [-0.2, 0) is 9.59 Å². The molecule has 1 aliphatic heterocycles. The minimum Gasteiger partial charge on any atom is -0.481 e. The van der Waals surface area contributed by atoms with Gasteiger partial charge in [-0.2, -0.15) is 0 Å². The number of piperidine rings is 1. The average Bonchev–Trinajstić information content (AvgIpc) is 2.46. The number of carbonyl (C=O) groups excluding carboxylic acids is 1. The highest BCUT2D eigenvalue weighted by atomic mass is 16.4. The van der Waals surface area contributed by atoms with Crippen molar-refractivity contribution in [2.75, 3.05) is 32.7 Å². The molecule has 1 amide bonds. The number of carboxylic acids is 1. The van der Waals surface area contributed by atoms with Gasteiger partial charge in [0.25, 0.3) is 0 Å². The number of aliphatic carboxylic acids is 1. The Bertz CT molecular complexity index is 325. The molecule has 1 heterocycles. The summed E-state index contributed by atoms with van der Waals surface area (Å²) < 4.78 is 0. The highest BCUT2D eigenvalue weighted by Gasteiger charge is 2.27. The molecule has 1 atom stereocenters. The van der Waals surface area contributed by atoms with Gasteiger partial charge in [0.2, 0.25) is 5.91 Å². The van der Waals surface area contributed by atoms with Crippen molar-refractivity contribution >= 4 is 11.9 Å². The van der Waals surface area contributed by atoms with Crippen molar-refractivity contribution in [1.82, 2.24) is 9.80 Å². The Labute approximate surface area is 121 Å². The molecule has 20 heavy (non-hydrogen) atoms. The second kappa shape index (κ2) is 8.25. The lowest BCUT2D eigenvalue weighted by molar-refractivity contribution is -0.146. The summed E-state index contributed by atoms with van der Waals surface area (Å²) >= 11 is 0. The number of nitrogens with zero attached hydrogens (tertiary/aromatic N) is 2. The van der Waals surface area contributed by atoms with Crippen molar-refractivity contribution in [2.45, 2.75) is 40.0 Å². The summed E-state index contributed by atoms with van der Waals surface area (Å²) in [6.45, 7) is 9.88. The zero-order valence-electron chi connectivity index (χ0n) is 13.0. The average molecular weight is 284 g/mol. The molecule has 0 bridgehead atoms. The van der Waals surface area contributed by atoms with Crippen LogP contribution in [0, 0.1) is 11.8 Å². The Kier molecular flexibility index (Phi) is 6.99. The van der Waals surface area contributed by atoms with Gasteiger partial charge in [0.05, 0.1) is 12.5 Å². The molecule has 5 heteroatoms. The lowest BCUT2D eigenvalue weighted by atomic mass is 9.97. The molecule has 116 valence electrons. The Morgan fingerprint density at radius 1 is 1.30 bits per heavy atom. The molecule has 1 fully saturated rings. The van der Waals surface area contributed by atoms with Crippen LogP contribution in [0.25, 0.3) is 0 Å². The predicted octanol–water partition coefficient (Wildman–Crippen LogP) is 1.68. The molecule has 1 rings (SSSR count). The van der Waals surface area contributed by atoms with Crippen LogP contribution in [0.3, 0.4) is 0 Å². The SMILES string of the molecule is CCC(C)CN(CC)CC(=O)N1CCC(C(=O)O)CC1. The van der Waals surface area contributed by atoms with Gasteiger partial charge in [0.15, 0.2) is 0 Å². The van der Waals surface area contributed by atoms with Crippen molar-refractivity contribution in [2.24, 2.45) is 11.8 Å². The zero-order chi connectivity index (χ0) is 15.1. The van der Waals surface area contributed by atoms with Crippen LogP contribution in [0.5, 0.6) is 0 Å². The van der Waals surface area contributed by atoms with Crippen LogP contribution < -0.4 is 0 Å². The van der Waals surface area contributed by atoms with Crippen LogP contribution in [0.4, 0.5) is 0 Å². The standard InChI is InChI=1S/C15H28N2O3/c1-4-12(3)10-16(5-2)11-14(18)17-8-6-13(7-9-17)15(19)20/h12-13H,4-11H2,1-3H3,(H,19,20). The Balaban J connectivity index is 2.40. The maximum atomic E-state index is 12.3. The highest BCUT2D eigenvalue weighted by Crippen LogP contribution is 2.17. The molecule has 0 spiro atoms. The van der Waals surface area contributed by atoms with Crippen molar-refractivity contribution in [1.29, 1.82) is 0 Å². The summed E-state index contributed by atoms with van der Waals surface area (Å²) in [6.07, 6.45) is 2.28. The van der Waals surface area contributed by atoms with E-state index < -0.39 is 5.97 Å². The molecule has 0 aromatic carbocycles. The van der Waals surface area contributed by atoms with Crippen molar-refractivity contribution in [3.63, 3.8) is 0 Å². The number of likely N-dealkylation sites (tertiary alicyclic amines) is 1. The van der Waals surface area contributed by atoms with Gasteiger partial charge in [0, 0.05) is 19.6 Å². The van der Waals surface area contributed by atoms with E-state index in [4.69, 9.17) is 5.11 Å². The van der Waals surface area contributed by atoms with Crippen molar-refractivity contribution in [3.8, 4) is 0 Å². The molecule has 1 N–H and O–H groups in total. The van der Waals surface area contributed by atoms with E-state index in [-0.39, 0.29) is 11.8 Å². The van der Waals surface area contributed by atoms with Gasteiger partial charge in [-0.15, -0.1) is 0 Å². The van der Waals surface area contributed by atoms with Crippen LogP contribution in [0.2, 0.25) is 0 Å². The van der Waals surface area contributed by atoms with E-state index in [9.17, 15) is 9.59 Å². The number of hydrogen-bond donors (Lipinski definition) is 1. The molecular formula is C15H28N2O3. The third-order valence-corrected chi connectivity index (χ3v) is 4.27. The third kappa shape index (κ3) is 5.12. The summed E-state index contributed by atoms with van der Waals surface area (Å²) in [5, 5.41) is 8.96. The summed E-state index contributed by atoms with van der Waals surface area (Å²) in [7, 11) is 0. The minimum atomic E-state index is -0.732. The molecular weight excluding hydrogens is 256 g/mol. The molecule has 1 aliphatic rings. The number of hydrogen-bond acceptors (Lipinski definition) is 3. The molecule has 0 radical (unpaired) electrons. The fourth-order valence-electron chi connectivity index (χ4n) is 2.54. The van der Waals surface area contributed by atoms with Gasteiger partial charge in [-0.25, -0.2) is 0 Å². The number of likely N-dealkylation sites (N-methyl/N-ethyl adjacent to an activating group) is 1. The second-order valence-electron chi connectivity index (χ2n) is 5.83. The van der Waals surface area contributed by atoms with E-state index in [0.29, 0.717) is 38.4 Å². The van der Waals surface area contributed by atoms with Gasteiger partial charge in [-0.3, -0.25) is 14.5 Å². The van der Waals surface area contributed by atoms with Crippen molar-refractivity contribution < 1.29 is 14.7 Å². The number of carbonyl (C=O) groups is 2. The van der Waals surface area contributed by atoms with E-state index in [0.717, 1.165) is 19.5 Å². The lowest BCUT2D eigenvalue weighted by Gasteiger charge is -2.32. The smallest absolute Gasteiger partial charge is 0.306 e. The number of carboxylic acid groups (broad SMARTS) is 1. The van der Waals surface area contributed by atoms with E-state index in [1.165, 1.54) is 0 Å². The fourth-order valence-corrected chi connectivity index (χ4v) is 2.54. The number of rotatable bonds is 7. The van der Waals surface area contributed by atoms with Gasteiger partial charge in [0.1, 0.15) is 0 Å². The van der Waals surface area contributed by atoms with Gasteiger partial charge >= 0.3 is 5.97 Å². The molecule has 0 saturated carbocycles. The second-order valence-corrected chi connectivity index (χ2v) is 5.83. The largest absolute Gasteiger partial charge is 0.481 e. The van der Waals surface area contributed by atoms with Gasteiger partial charge in [-0.05, 0) is 25.3 Å². The Hall–Kier alpha value is -1.10. The van der Waals surface area contributed by atoms with Gasteiger partial charge in [-0.1, -0.05) is 27.2 Å². The fraction of sp³-hybridized carbons (Fsp3) is 0.867. The first-order valence-electron chi connectivity index (χ1n) is 7.70. The summed E-state index contributed by atoms with van der Waals surface area (Å²) in [6, 6.07) is 0. The number of amides is 1. The van der Waals surface area contributed by atoms with Crippen molar-refractivity contribution in [3.05, 3.63) is 0 Å². The Morgan fingerprint density at radius 2 is 1.90 bits per heavy atom.